The Morgan fingerprint density at radius 2 is 1.81 bits per heavy atom. The van der Waals surface area contributed by atoms with Crippen LogP contribution in [0.4, 0.5) is 5.69 Å². The topological polar surface area (TPSA) is 186 Å². The molecule has 1 aliphatic carbocycles. The summed E-state index contributed by atoms with van der Waals surface area (Å²) in [7, 11) is 0. The number of ether oxygens (including phenoxy) is 1. The molecule has 0 spiro atoms. The molecule has 11 nitrogen and oxygen atoms in total. The van der Waals surface area contributed by atoms with Crippen LogP contribution in [0.1, 0.15) is 92.5 Å². The van der Waals surface area contributed by atoms with E-state index < -0.39 is 11.9 Å². The van der Waals surface area contributed by atoms with Gasteiger partial charge in [-0.05, 0) is 80.5 Å². The Hall–Kier alpha value is -4.22. The van der Waals surface area contributed by atoms with E-state index in [4.69, 9.17) is 16.2 Å². The number of nitrogens with zero attached hydrogens (tertiary/aromatic N) is 1. The highest BCUT2D eigenvalue weighted by Gasteiger charge is 2.35. The van der Waals surface area contributed by atoms with E-state index in [0.29, 0.717) is 36.9 Å². The number of anilines is 1. The minimum absolute atomic E-state index is 0.0581. The van der Waals surface area contributed by atoms with Gasteiger partial charge in [-0.15, -0.1) is 0 Å². The second kappa shape index (κ2) is 14.7. The molecule has 0 saturated heterocycles. The third-order valence-corrected chi connectivity index (χ3v) is 9.38. The fraction of sp³-hybridized carbons (Fsp3) is 0.500. The highest BCUT2D eigenvalue weighted by molar-refractivity contribution is 6.06. The molecule has 1 aromatic heterocycles. The van der Waals surface area contributed by atoms with Crippen LogP contribution in [0.2, 0.25) is 0 Å². The molecule has 2 aromatic carbocycles. The van der Waals surface area contributed by atoms with Crippen molar-refractivity contribution in [2.45, 2.75) is 96.2 Å². The number of nitrogens with one attached hydrogen (secondary N) is 2. The molecule has 252 valence electrons. The molecule has 9 N–H and O–H groups in total. The summed E-state index contributed by atoms with van der Waals surface area (Å²) in [4.78, 5) is 50.4. The number of hydrogen-bond acceptors (Lipinski definition) is 7. The van der Waals surface area contributed by atoms with Crippen molar-refractivity contribution in [3.63, 3.8) is 0 Å². The van der Waals surface area contributed by atoms with Gasteiger partial charge in [0.05, 0.1) is 30.1 Å². The van der Waals surface area contributed by atoms with Gasteiger partial charge in [0.15, 0.2) is 0 Å². The highest BCUT2D eigenvalue weighted by Crippen LogP contribution is 2.43. The Morgan fingerprint density at radius 3 is 2.53 bits per heavy atom. The lowest BCUT2D eigenvalue weighted by atomic mass is 9.80. The number of primary amides is 1. The van der Waals surface area contributed by atoms with Crippen LogP contribution in [-0.2, 0) is 20.7 Å². The summed E-state index contributed by atoms with van der Waals surface area (Å²) in [6.07, 6.45) is 6.32. The number of hydrogen-bond donors (Lipinski definition) is 5. The van der Waals surface area contributed by atoms with E-state index in [-0.39, 0.29) is 48.3 Å². The first-order valence-corrected chi connectivity index (χ1v) is 16.9. The summed E-state index contributed by atoms with van der Waals surface area (Å²) >= 11 is 0. The lowest BCUT2D eigenvalue weighted by molar-refractivity contribution is -0.368. The molecule has 2 heterocycles. The first-order chi connectivity index (χ1) is 22.5. The fourth-order valence-corrected chi connectivity index (χ4v) is 6.99. The molecule has 0 radical (unpaired) electrons. The van der Waals surface area contributed by atoms with Gasteiger partial charge in [-0.3, -0.25) is 23.7 Å². The van der Waals surface area contributed by atoms with Gasteiger partial charge < -0.3 is 32.6 Å². The van der Waals surface area contributed by atoms with Crippen molar-refractivity contribution in [3.8, 4) is 11.1 Å². The van der Waals surface area contributed by atoms with Gasteiger partial charge >= 0.3 is 5.97 Å². The van der Waals surface area contributed by atoms with E-state index in [9.17, 15) is 19.2 Å². The first kappa shape index (κ1) is 34.1. The largest absolute Gasteiger partial charge is 0.462 e. The number of quaternary nitrogens is 1. The number of rotatable bonds is 13. The predicted octanol–water partition coefficient (Wildman–Crippen LogP) is 3.53. The standard InChI is InChI=1S/C36H48N6O5/c1-36(2)20-30-33(26-7-3-4-9-29(26)42(30)31(43)21-36)22-10-15-25(34(39)45)28(19-22)41-23-11-13-24(14-12-23)47-32(44)16-18-40-35(46)27(38)8-5-6-17-37/h3-4,7,9-10,15,19,23-24,27,41H,5-6,8,11-14,16-18,20-21,37-38H2,1-2H3,(H2,39,45)(H,40,46)/p+1/t23?,24?,27-/m0/s1. The number of esters is 1. The molecule has 1 fully saturated rings. The van der Waals surface area contributed by atoms with Crippen LogP contribution in [-0.4, -0.2) is 59.5 Å². The maximum atomic E-state index is 13.3. The quantitative estimate of drug-likeness (QED) is 0.139. The third-order valence-electron chi connectivity index (χ3n) is 9.38. The maximum Gasteiger partial charge on any atom is 0.307 e. The summed E-state index contributed by atoms with van der Waals surface area (Å²) in [5.41, 5.74) is 20.2. The Morgan fingerprint density at radius 1 is 1.06 bits per heavy atom. The van der Waals surface area contributed by atoms with Crippen LogP contribution in [0.5, 0.6) is 0 Å². The molecule has 1 saturated carbocycles. The summed E-state index contributed by atoms with van der Waals surface area (Å²) in [5.74, 6) is -1.03. The molecular weight excluding hydrogens is 596 g/mol. The number of fused-ring (bicyclic) bond motifs is 3. The van der Waals surface area contributed by atoms with Crippen LogP contribution in [0.3, 0.4) is 0 Å². The smallest absolute Gasteiger partial charge is 0.307 e. The van der Waals surface area contributed by atoms with Crippen LogP contribution in [0.15, 0.2) is 42.5 Å². The molecular formula is C36H49N6O5+. The zero-order valence-electron chi connectivity index (χ0n) is 27.6. The van der Waals surface area contributed by atoms with E-state index in [2.05, 4.69) is 30.2 Å². The number of aromatic nitrogens is 1. The van der Waals surface area contributed by atoms with Crippen LogP contribution >= 0.6 is 0 Å². The summed E-state index contributed by atoms with van der Waals surface area (Å²) in [6.45, 7) is 5.25. The monoisotopic (exact) mass is 645 g/mol. The number of carbonyl (C=O) groups excluding carboxylic acids is 4. The second-order valence-corrected chi connectivity index (χ2v) is 13.8. The molecule has 2 amide bonds. The zero-order chi connectivity index (χ0) is 33.7. The SMILES string of the molecule is CC1(C)CC(=O)n2c(c(-c3ccc(C(N)=O)c(NC4CCC(OC(=O)CCNC(=O)[C@@H](N)CCCC[NH3+])CC4)c3)c3ccccc32)C1. The maximum absolute atomic E-state index is 13.3. The van der Waals surface area contributed by atoms with Crippen molar-refractivity contribution < 1.29 is 29.6 Å². The Balaban J connectivity index is 1.22. The average Bonchev–Trinajstić information content (AvgIpc) is 3.35. The van der Waals surface area contributed by atoms with Gasteiger partial charge in [-0.1, -0.05) is 38.1 Å². The van der Waals surface area contributed by atoms with Crippen molar-refractivity contribution in [1.29, 1.82) is 0 Å². The molecule has 1 aliphatic heterocycles. The molecule has 0 bridgehead atoms. The van der Waals surface area contributed by atoms with Gasteiger partial charge in [0.25, 0.3) is 5.91 Å². The van der Waals surface area contributed by atoms with E-state index in [0.717, 1.165) is 66.4 Å². The molecule has 0 unspecified atom stereocenters. The second-order valence-electron chi connectivity index (χ2n) is 13.8. The Kier molecular flexibility index (Phi) is 10.7. The zero-order valence-corrected chi connectivity index (χ0v) is 27.6. The van der Waals surface area contributed by atoms with Crippen molar-refractivity contribution in [3.05, 3.63) is 53.7 Å². The van der Waals surface area contributed by atoms with Gasteiger partial charge in [0.2, 0.25) is 11.8 Å². The molecule has 1 atom stereocenters. The lowest BCUT2D eigenvalue weighted by Gasteiger charge is -2.31. The van der Waals surface area contributed by atoms with E-state index in [1.165, 1.54) is 0 Å². The van der Waals surface area contributed by atoms with Crippen molar-refractivity contribution in [1.82, 2.24) is 9.88 Å². The summed E-state index contributed by atoms with van der Waals surface area (Å²) in [6, 6.07) is 13.1. The van der Waals surface area contributed by atoms with E-state index in [1.54, 1.807) is 6.07 Å². The first-order valence-electron chi connectivity index (χ1n) is 16.9. The number of nitrogens with two attached hydrogens (primary N) is 2. The summed E-state index contributed by atoms with van der Waals surface area (Å²) in [5, 5.41) is 7.29. The fourth-order valence-electron chi connectivity index (χ4n) is 6.99. The molecule has 11 heteroatoms. The highest BCUT2D eigenvalue weighted by atomic mass is 16.5. The minimum Gasteiger partial charge on any atom is -0.462 e. The molecule has 47 heavy (non-hydrogen) atoms. The average molecular weight is 646 g/mol. The molecule has 5 rings (SSSR count). The molecule has 2 aliphatic rings. The lowest BCUT2D eigenvalue weighted by Crippen LogP contribution is -2.50. The van der Waals surface area contributed by atoms with Crippen LogP contribution < -0.4 is 27.8 Å². The number of unbranched alkanes of at least 4 members (excludes halogenated alkanes) is 1. The van der Waals surface area contributed by atoms with Crippen LogP contribution in [0.25, 0.3) is 22.0 Å². The molecule has 3 aromatic rings. The number of amides is 2. The van der Waals surface area contributed by atoms with Gasteiger partial charge in [-0.25, -0.2) is 0 Å². The Labute approximate surface area is 275 Å². The number of para-hydroxylation sites is 1. The summed E-state index contributed by atoms with van der Waals surface area (Å²) < 4.78 is 7.56. The number of benzene rings is 2. The van der Waals surface area contributed by atoms with Gasteiger partial charge in [0.1, 0.15) is 6.10 Å². The van der Waals surface area contributed by atoms with Crippen molar-refractivity contribution >= 4 is 40.3 Å². The third kappa shape index (κ3) is 8.02. The van der Waals surface area contributed by atoms with Crippen LogP contribution in [0, 0.1) is 5.41 Å². The predicted molar refractivity (Wildman–Crippen MR) is 182 cm³/mol. The normalized spacial score (nSPS) is 19.5. The van der Waals surface area contributed by atoms with Gasteiger partial charge in [0, 0.05) is 41.3 Å². The Bertz CT molecular complexity index is 1640. The van der Waals surface area contributed by atoms with E-state index >= 15 is 0 Å². The van der Waals surface area contributed by atoms with E-state index in [1.807, 2.05) is 41.0 Å². The minimum atomic E-state index is -0.583. The van der Waals surface area contributed by atoms with Crippen molar-refractivity contribution in [2.75, 3.05) is 18.4 Å². The van der Waals surface area contributed by atoms with Gasteiger partial charge in [-0.2, -0.15) is 0 Å². The number of carbonyl (C=O) groups is 4. The van der Waals surface area contributed by atoms with Crippen molar-refractivity contribution in [2.24, 2.45) is 16.9 Å².